The van der Waals surface area contributed by atoms with Crippen LogP contribution in [0.4, 0.5) is 0 Å². The lowest BCUT2D eigenvalue weighted by Crippen LogP contribution is -2.33. The average Bonchev–Trinajstić information content (AvgIpc) is 3.41. The van der Waals surface area contributed by atoms with Gasteiger partial charge < -0.3 is 29.1 Å². The third-order valence-corrected chi connectivity index (χ3v) is 7.20. The van der Waals surface area contributed by atoms with Crippen LogP contribution in [-0.4, -0.2) is 73.1 Å². The van der Waals surface area contributed by atoms with Gasteiger partial charge in [-0.3, -0.25) is 9.59 Å². The predicted octanol–water partition coefficient (Wildman–Crippen LogP) is 4.18. The highest BCUT2D eigenvalue weighted by molar-refractivity contribution is 6.46. The highest BCUT2D eigenvalue weighted by Crippen LogP contribution is 2.42. The van der Waals surface area contributed by atoms with E-state index >= 15 is 0 Å². The normalized spacial score (nSPS) is 20.3. The molecule has 4 rings (SSSR count). The van der Waals surface area contributed by atoms with Gasteiger partial charge in [-0.05, 0) is 74.4 Å². The van der Waals surface area contributed by atoms with Crippen molar-refractivity contribution in [2.75, 3.05) is 40.4 Å². The van der Waals surface area contributed by atoms with E-state index in [2.05, 4.69) is 18.7 Å². The number of rotatable bonds is 10. The number of fused-ring (bicyclic) bond motifs is 1. The Morgan fingerprint density at radius 3 is 2.49 bits per heavy atom. The topological polar surface area (TPSA) is 88.5 Å². The Balaban J connectivity index is 1.78. The molecular formula is C29H36N2O6. The molecule has 0 unspecified atom stereocenters. The molecule has 8 heteroatoms. The number of hydrogen-bond acceptors (Lipinski definition) is 7. The fourth-order valence-corrected chi connectivity index (χ4v) is 5.21. The summed E-state index contributed by atoms with van der Waals surface area (Å²) >= 11 is 0. The maximum Gasteiger partial charge on any atom is 0.295 e. The van der Waals surface area contributed by atoms with Crippen LogP contribution in [0.1, 0.15) is 49.9 Å². The summed E-state index contributed by atoms with van der Waals surface area (Å²) in [6, 6.07) is 9.94. The number of ketones is 1. The Bertz CT molecular complexity index is 1200. The molecule has 37 heavy (non-hydrogen) atoms. The van der Waals surface area contributed by atoms with Crippen LogP contribution in [0, 0.1) is 0 Å². The van der Waals surface area contributed by atoms with Gasteiger partial charge in [-0.2, -0.15) is 0 Å². The zero-order valence-electron chi connectivity index (χ0n) is 22.2. The maximum atomic E-state index is 13.4. The minimum atomic E-state index is -0.750. The van der Waals surface area contributed by atoms with E-state index in [4.69, 9.17) is 14.2 Å². The lowest BCUT2D eigenvalue weighted by Gasteiger charge is -2.27. The van der Waals surface area contributed by atoms with Crippen LogP contribution in [0.25, 0.3) is 5.76 Å². The standard InChI is InChI=1S/C29H36N2O6/c1-6-30(7-2)13-8-14-31-26(19-9-12-23(35-4)24(17-19)36-5)25(28(33)29(31)34)27(32)20-10-11-22-21(16-20)15-18(3)37-22/h9-12,16-18,26,32H,6-8,13-15H2,1-5H3/b27-25+/t18-,26+/m1/s1. The van der Waals surface area contributed by atoms with Crippen molar-refractivity contribution in [3.8, 4) is 17.2 Å². The van der Waals surface area contributed by atoms with Crippen LogP contribution in [0.15, 0.2) is 42.0 Å². The first-order chi connectivity index (χ1) is 17.8. The van der Waals surface area contributed by atoms with Crippen molar-refractivity contribution in [2.24, 2.45) is 0 Å². The minimum absolute atomic E-state index is 0.0514. The summed E-state index contributed by atoms with van der Waals surface area (Å²) in [6.45, 7) is 9.19. The minimum Gasteiger partial charge on any atom is -0.507 e. The molecule has 2 aromatic rings. The number of hydrogen-bond donors (Lipinski definition) is 1. The summed E-state index contributed by atoms with van der Waals surface area (Å²) in [5, 5.41) is 11.4. The molecule has 8 nitrogen and oxygen atoms in total. The van der Waals surface area contributed by atoms with E-state index in [-0.39, 0.29) is 17.4 Å². The molecule has 2 atom stereocenters. The number of ether oxygens (including phenoxy) is 3. The summed E-state index contributed by atoms with van der Waals surface area (Å²) in [5.41, 5.74) is 2.20. The van der Waals surface area contributed by atoms with Gasteiger partial charge in [0.15, 0.2) is 11.5 Å². The second-order valence-electron chi connectivity index (χ2n) is 9.44. The number of methoxy groups -OCH3 is 2. The molecule has 2 aromatic carbocycles. The summed E-state index contributed by atoms with van der Waals surface area (Å²) in [5.74, 6) is 0.309. The van der Waals surface area contributed by atoms with E-state index in [1.54, 1.807) is 42.3 Å². The Kier molecular flexibility index (Phi) is 8.07. The van der Waals surface area contributed by atoms with Crippen molar-refractivity contribution in [3.05, 3.63) is 58.7 Å². The molecule has 0 spiro atoms. The van der Waals surface area contributed by atoms with E-state index < -0.39 is 17.7 Å². The maximum absolute atomic E-state index is 13.4. The van der Waals surface area contributed by atoms with Gasteiger partial charge >= 0.3 is 0 Å². The second-order valence-corrected chi connectivity index (χ2v) is 9.44. The van der Waals surface area contributed by atoms with E-state index in [1.807, 2.05) is 13.0 Å². The highest BCUT2D eigenvalue weighted by atomic mass is 16.5. The van der Waals surface area contributed by atoms with Gasteiger partial charge in [0, 0.05) is 18.5 Å². The van der Waals surface area contributed by atoms with E-state index in [1.165, 1.54) is 7.11 Å². The van der Waals surface area contributed by atoms with Crippen LogP contribution in [0.5, 0.6) is 17.2 Å². The van der Waals surface area contributed by atoms with Crippen molar-refractivity contribution < 1.29 is 28.9 Å². The molecule has 2 heterocycles. The second kappa shape index (κ2) is 11.3. The van der Waals surface area contributed by atoms with Crippen LogP contribution in [-0.2, 0) is 16.0 Å². The molecule has 0 radical (unpaired) electrons. The predicted molar refractivity (Wildman–Crippen MR) is 141 cm³/mol. The summed E-state index contributed by atoms with van der Waals surface area (Å²) in [7, 11) is 3.09. The first-order valence-electron chi connectivity index (χ1n) is 12.8. The Morgan fingerprint density at radius 1 is 1.08 bits per heavy atom. The number of aliphatic hydroxyl groups excluding tert-OH is 1. The van der Waals surface area contributed by atoms with Crippen LogP contribution in [0.3, 0.4) is 0 Å². The average molecular weight is 509 g/mol. The quantitative estimate of drug-likeness (QED) is 0.293. The Hall–Kier alpha value is -3.52. The largest absolute Gasteiger partial charge is 0.507 e. The molecule has 0 bridgehead atoms. The van der Waals surface area contributed by atoms with Gasteiger partial charge in [-0.1, -0.05) is 19.9 Å². The van der Waals surface area contributed by atoms with Gasteiger partial charge in [0.2, 0.25) is 0 Å². The van der Waals surface area contributed by atoms with Gasteiger partial charge in [0.25, 0.3) is 11.7 Å². The number of Topliss-reactive ketones (excluding diaryl/α,β-unsaturated/α-hetero) is 1. The van der Waals surface area contributed by atoms with Crippen molar-refractivity contribution in [3.63, 3.8) is 0 Å². The molecule has 1 amide bonds. The zero-order valence-corrected chi connectivity index (χ0v) is 22.2. The first kappa shape index (κ1) is 26.5. The molecule has 0 saturated carbocycles. The van der Waals surface area contributed by atoms with Gasteiger partial charge in [0.1, 0.15) is 17.6 Å². The number of carbonyl (C=O) groups is 2. The van der Waals surface area contributed by atoms with Crippen LogP contribution in [0.2, 0.25) is 0 Å². The molecule has 2 aliphatic rings. The number of benzene rings is 2. The number of likely N-dealkylation sites (tertiary alicyclic amines) is 1. The number of aliphatic hydroxyl groups is 1. The van der Waals surface area contributed by atoms with Crippen LogP contribution >= 0.6 is 0 Å². The summed E-state index contributed by atoms with van der Waals surface area (Å²) in [4.78, 5) is 30.5. The van der Waals surface area contributed by atoms with Crippen molar-refractivity contribution in [1.82, 2.24) is 9.80 Å². The smallest absolute Gasteiger partial charge is 0.295 e. The molecule has 1 N–H and O–H groups in total. The molecule has 2 aliphatic heterocycles. The lowest BCUT2D eigenvalue weighted by molar-refractivity contribution is -0.140. The monoisotopic (exact) mass is 508 g/mol. The molecule has 1 saturated heterocycles. The molecule has 1 fully saturated rings. The summed E-state index contributed by atoms with van der Waals surface area (Å²) in [6.07, 6.45) is 1.47. The molecular weight excluding hydrogens is 472 g/mol. The third-order valence-electron chi connectivity index (χ3n) is 7.20. The van der Waals surface area contributed by atoms with Crippen molar-refractivity contribution >= 4 is 17.4 Å². The van der Waals surface area contributed by atoms with Crippen molar-refractivity contribution in [2.45, 2.75) is 45.8 Å². The third kappa shape index (κ3) is 5.16. The van der Waals surface area contributed by atoms with E-state index in [9.17, 15) is 14.7 Å². The van der Waals surface area contributed by atoms with E-state index in [0.717, 1.165) is 37.4 Å². The molecule has 0 aromatic heterocycles. The number of nitrogens with zero attached hydrogens (tertiary/aromatic N) is 2. The fourth-order valence-electron chi connectivity index (χ4n) is 5.21. The Morgan fingerprint density at radius 2 is 1.81 bits per heavy atom. The van der Waals surface area contributed by atoms with Crippen molar-refractivity contribution in [1.29, 1.82) is 0 Å². The van der Waals surface area contributed by atoms with Gasteiger partial charge in [0.05, 0.1) is 25.8 Å². The lowest BCUT2D eigenvalue weighted by atomic mass is 9.94. The molecule has 198 valence electrons. The molecule has 0 aliphatic carbocycles. The number of carbonyl (C=O) groups excluding carboxylic acids is 2. The zero-order chi connectivity index (χ0) is 26.7. The van der Waals surface area contributed by atoms with E-state index in [0.29, 0.717) is 35.6 Å². The SMILES string of the molecule is CCN(CC)CCCN1C(=O)C(=O)/C(=C(/O)c2ccc3c(c2)C[C@@H](C)O3)[C@@H]1c1ccc(OC)c(OC)c1. The highest BCUT2D eigenvalue weighted by Gasteiger charge is 2.46. The van der Waals surface area contributed by atoms with Crippen LogP contribution < -0.4 is 14.2 Å². The summed E-state index contributed by atoms with van der Waals surface area (Å²) < 4.78 is 16.7. The number of amides is 1. The fraction of sp³-hybridized carbons (Fsp3) is 0.448. The Labute approximate surface area is 218 Å². The van der Waals surface area contributed by atoms with Gasteiger partial charge in [-0.25, -0.2) is 0 Å². The van der Waals surface area contributed by atoms with Gasteiger partial charge in [-0.15, -0.1) is 0 Å². The first-order valence-corrected chi connectivity index (χ1v) is 12.8.